The summed E-state index contributed by atoms with van der Waals surface area (Å²) in [6.45, 7) is 3.02. The van der Waals surface area contributed by atoms with Gasteiger partial charge in [-0.3, -0.25) is 15.0 Å². The van der Waals surface area contributed by atoms with E-state index in [1.807, 2.05) is 48.7 Å². The zero-order valence-electron chi connectivity index (χ0n) is 14.7. The Labute approximate surface area is 160 Å². The number of benzene rings is 1. The van der Waals surface area contributed by atoms with Gasteiger partial charge in [-0.2, -0.15) is 0 Å². The summed E-state index contributed by atoms with van der Waals surface area (Å²) in [6.07, 6.45) is 0. The maximum absolute atomic E-state index is 12.6. The standard InChI is InChI=1S/C19H18N4O3S/c1-13-4-6-14(7-5-13)23-9-8-22(19(23)25)12-17(24)20-18-11-15(21-26-18)16-3-2-10-27-16/h2-7,10-11H,8-9,12H2,1H3,(H,20,24). The Kier molecular flexibility index (Phi) is 4.64. The van der Waals surface area contributed by atoms with Gasteiger partial charge in [-0.25, -0.2) is 4.79 Å². The van der Waals surface area contributed by atoms with E-state index >= 15 is 0 Å². The first-order chi connectivity index (χ1) is 13.1. The molecule has 27 heavy (non-hydrogen) atoms. The first-order valence-electron chi connectivity index (χ1n) is 8.54. The van der Waals surface area contributed by atoms with Crippen molar-refractivity contribution in [2.45, 2.75) is 6.92 Å². The van der Waals surface area contributed by atoms with Gasteiger partial charge in [-0.05, 0) is 30.5 Å². The molecule has 0 atom stereocenters. The molecule has 1 fully saturated rings. The lowest BCUT2D eigenvalue weighted by molar-refractivity contribution is -0.116. The molecular formula is C19H18N4O3S. The van der Waals surface area contributed by atoms with Crippen LogP contribution < -0.4 is 10.2 Å². The van der Waals surface area contributed by atoms with E-state index in [0.29, 0.717) is 18.8 Å². The third-order valence-electron chi connectivity index (χ3n) is 4.32. The molecule has 3 heterocycles. The fraction of sp³-hybridized carbons (Fsp3) is 0.211. The molecule has 1 aliphatic rings. The van der Waals surface area contributed by atoms with Crippen molar-refractivity contribution in [2.24, 2.45) is 0 Å². The van der Waals surface area contributed by atoms with Gasteiger partial charge < -0.3 is 9.42 Å². The number of urea groups is 1. The molecule has 0 saturated carbocycles. The molecule has 8 heteroatoms. The van der Waals surface area contributed by atoms with E-state index in [0.717, 1.165) is 16.1 Å². The van der Waals surface area contributed by atoms with Crippen molar-refractivity contribution in [1.29, 1.82) is 0 Å². The molecule has 0 unspecified atom stereocenters. The average molecular weight is 382 g/mol. The lowest BCUT2D eigenvalue weighted by Gasteiger charge is -2.18. The van der Waals surface area contributed by atoms with Crippen LogP contribution in [0.25, 0.3) is 10.6 Å². The summed E-state index contributed by atoms with van der Waals surface area (Å²) in [5.41, 5.74) is 2.64. The molecule has 0 bridgehead atoms. The van der Waals surface area contributed by atoms with E-state index in [1.54, 1.807) is 22.3 Å². The lowest BCUT2D eigenvalue weighted by atomic mass is 10.2. The second-order valence-corrected chi connectivity index (χ2v) is 7.24. The maximum Gasteiger partial charge on any atom is 0.325 e. The first kappa shape index (κ1) is 17.3. The fourth-order valence-corrected chi connectivity index (χ4v) is 3.60. The summed E-state index contributed by atoms with van der Waals surface area (Å²) in [4.78, 5) is 29.0. The summed E-state index contributed by atoms with van der Waals surface area (Å²) < 4.78 is 5.16. The summed E-state index contributed by atoms with van der Waals surface area (Å²) in [5, 5.41) is 8.55. The van der Waals surface area contributed by atoms with Crippen LogP contribution in [0.15, 0.2) is 52.4 Å². The predicted octanol–water partition coefficient (Wildman–Crippen LogP) is 3.59. The second kappa shape index (κ2) is 7.24. The molecule has 1 aromatic carbocycles. The van der Waals surface area contributed by atoms with E-state index in [4.69, 9.17) is 4.52 Å². The molecule has 3 aromatic rings. The molecular weight excluding hydrogens is 364 g/mol. The molecule has 1 aliphatic heterocycles. The highest BCUT2D eigenvalue weighted by molar-refractivity contribution is 7.13. The quantitative estimate of drug-likeness (QED) is 0.731. The summed E-state index contributed by atoms with van der Waals surface area (Å²) >= 11 is 1.54. The summed E-state index contributed by atoms with van der Waals surface area (Å²) in [7, 11) is 0. The highest BCUT2D eigenvalue weighted by atomic mass is 32.1. The number of anilines is 2. The number of aromatic nitrogens is 1. The molecule has 7 nitrogen and oxygen atoms in total. The molecule has 2 aromatic heterocycles. The Bertz CT molecular complexity index is 950. The smallest absolute Gasteiger partial charge is 0.325 e. The topological polar surface area (TPSA) is 78.7 Å². The number of amides is 3. The number of aryl methyl sites for hydroxylation is 1. The van der Waals surface area contributed by atoms with Crippen LogP contribution in [0.2, 0.25) is 0 Å². The van der Waals surface area contributed by atoms with Crippen molar-refractivity contribution in [1.82, 2.24) is 10.1 Å². The van der Waals surface area contributed by atoms with Gasteiger partial charge in [0.15, 0.2) is 0 Å². The van der Waals surface area contributed by atoms with E-state index < -0.39 is 0 Å². The van der Waals surface area contributed by atoms with Gasteiger partial charge in [0.2, 0.25) is 11.8 Å². The van der Waals surface area contributed by atoms with Crippen LogP contribution in [0, 0.1) is 6.92 Å². The Morgan fingerprint density at radius 1 is 1.26 bits per heavy atom. The minimum absolute atomic E-state index is 0.0315. The number of nitrogens with one attached hydrogen (secondary N) is 1. The molecule has 0 radical (unpaired) electrons. The van der Waals surface area contributed by atoms with E-state index in [9.17, 15) is 9.59 Å². The third-order valence-corrected chi connectivity index (χ3v) is 5.21. The highest BCUT2D eigenvalue weighted by Gasteiger charge is 2.31. The van der Waals surface area contributed by atoms with Crippen molar-refractivity contribution >= 4 is 34.8 Å². The van der Waals surface area contributed by atoms with Gasteiger partial charge in [0.1, 0.15) is 12.2 Å². The van der Waals surface area contributed by atoms with Gasteiger partial charge in [0, 0.05) is 24.8 Å². The number of rotatable bonds is 5. The number of nitrogens with zero attached hydrogens (tertiary/aromatic N) is 3. The van der Waals surface area contributed by atoms with Gasteiger partial charge in [0.05, 0.1) is 4.88 Å². The van der Waals surface area contributed by atoms with Crippen molar-refractivity contribution in [3.8, 4) is 10.6 Å². The fourth-order valence-electron chi connectivity index (χ4n) is 2.92. The van der Waals surface area contributed by atoms with E-state index in [1.165, 1.54) is 4.90 Å². The van der Waals surface area contributed by atoms with E-state index in [2.05, 4.69) is 10.5 Å². The van der Waals surface area contributed by atoms with Crippen LogP contribution in [0.4, 0.5) is 16.4 Å². The Hall–Kier alpha value is -3.13. The number of hydrogen-bond donors (Lipinski definition) is 1. The number of carbonyl (C=O) groups excluding carboxylic acids is 2. The van der Waals surface area contributed by atoms with E-state index in [-0.39, 0.29) is 24.4 Å². The molecule has 0 aliphatic carbocycles. The minimum atomic E-state index is -0.317. The SMILES string of the molecule is Cc1ccc(N2CCN(CC(=O)Nc3cc(-c4cccs4)no3)C2=O)cc1. The van der Waals surface area contributed by atoms with Crippen molar-refractivity contribution < 1.29 is 14.1 Å². The van der Waals surface area contributed by atoms with Crippen molar-refractivity contribution in [3.63, 3.8) is 0 Å². The number of carbonyl (C=O) groups is 2. The van der Waals surface area contributed by atoms with Crippen LogP contribution in [0.5, 0.6) is 0 Å². The first-order valence-corrected chi connectivity index (χ1v) is 9.42. The molecule has 0 spiro atoms. The zero-order valence-corrected chi connectivity index (χ0v) is 15.5. The maximum atomic E-state index is 12.6. The Balaban J connectivity index is 1.36. The summed E-state index contributed by atoms with van der Waals surface area (Å²) in [6, 6.07) is 13.1. The normalized spacial score (nSPS) is 14.0. The number of hydrogen-bond acceptors (Lipinski definition) is 5. The Morgan fingerprint density at radius 3 is 2.81 bits per heavy atom. The number of thiophene rings is 1. The van der Waals surface area contributed by atoms with Crippen LogP contribution in [-0.2, 0) is 4.79 Å². The Morgan fingerprint density at radius 2 is 2.07 bits per heavy atom. The minimum Gasteiger partial charge on any atom is -0.338 e. The monoisotopic (exact) mass is 382 g/mol. The predicted molar refractivity (Wildman–Crippen MR) is 104 cm³/mol. The van der Waals surface area contributed by atoms with Crippen LogP contribution in [-0.4, -0.2) is 41.6 Å². The van der Waals surface area contributed by atoms with Gasteiger partial charge in [-0.15, -0.1) is 11.3 Å². The second-order valence-electron chi connectivity index (χ2n) is 6.29. The molecule has 3 amide bonds. The molecule has 1 saturated heterocycles. The van der Waals surface area contributed by atoms with Gasteiger partial charge in [-0.1, -0.05) is 28.9 Å². The van der Waals surface area contributed by atoms with Crippen molar-refractivity contribution in [2.75, 3.05) is 29.9 Å². The molecule has 4 rings (SSSR count). The summed E-state index contributed by atoms with van der Waals surface area (Å²) in [5.74, 6) is -0.0478. The highest BCUT2D eigenvalue weighted by Crippen LogP contribution is 2.26. The largest absolute Gasteiger partial charge is 0.338 e. The molecule has 1 N–H and O–H groups in total. The lowest BCUT2D eigenvalue weighted by Crippen LogP contribution is -2.37. The zero-order chi connectivity index (χ0) is 18.8. The van der Waals surface area contributed by atoms with Crippen LogP contribution in [0.1, 0.15) is 5.56 Å². The van der Waals surface area contributed by atoms with Crippen LogP contribution in [0.3, 0.4) is 0 Å². The van der Waals surface area contributed by atoms with Gasteiger partial charge in [0.25, 0.3) is 0 Å². The average Bonchev–Trinajstić information content (AvgIpc) is 3.38. The van der Waals surface area contributed by atoms with Crippen molar-refractivity contribution in [3.05, 3.63) is 53.4 Å². The van der Waals surface area contributed by atoms with Crippen LogP contribution >= 0.6 is 11.3 Å². The molecule has 138 valence electrons. The van der Waals surface area contributed by atoms with Gasteiger partial charge >= 0.3 is 6.03 Å². The third kappa shape index (κ3) is 3.70.